The van der Waals surface area contributed by atoms with Crippen molar-refractivity contribution in [2.75, 3.05) is 0 Å². The molecular weight excluding hydrogens is 323 g/mol. The Morgan fingerprint density at radius 1 is 1.00 bits per heavy atom. The predicted molar refractivity (Wildman–Crippen MR) is 80.9 cm³/mol. The van der Waals surface area contributed by atoms with E-state index in [0.717, 1.165) is 22.5 Å². The van der Waals surface area contributed by atoms with Gasteiger partial charge in [0.25, 0.3) is 0 Å². The normalized spacial score (nSPS) is 10.6. The Hall–Kier alpha value is -3.16. The van der Waals surface area contributed by atoms with Gasteiger partial charge in [0, 0.05) is 23.5 Å². The Balaban J connectivity index is 0.000000256. The van der Waals surface area contributed by atoms with Crippen LogP contribution < -0.4 is 0 Å². The molecule has 24 heavy (non-hydrogen) atoms. The van der Waals surface area contributed by atoms with Crippen LogP contribution in [0.5, 0.6) is 0 Å². The lowest BCUT2D eigenvalue weighted by Crippen LogP contribution is -2.21. The van der Waals surface area contributed by atoms with Crippen molar-refractivity contribution < 1.29 is 23.1 Å². The molecule has 0 unspecified atom stereocenters. The van der Waals surface area contributed by atoms with Gasteiger partial charge in [-0.25, -0.2) is 4.79 Å². The number of carboxylic acids is 1. The molecule has 124 valence electrons. The fourth-order valence-electron chi connectivity index (χ4n) is 1.80. The Bertz CT molecular complexity index is 788. The van der Waals surface area contributed by atoms with Gasteiger partial charge in [-0.1, -0.05) is 24.3 Å². The highest BCUT2D eigenvalue weighted by Crippen LogP contribution is 2.23. The molecular formula is C16H12F3N3O2. The summed E-state index contributed by atoms with van der Waals surface area (Å²) in [6.07, 6.45) is -1.53. The molecule has 0 spiro atoms. The second-order valence-electron chi connectivity index (χ2n) is 4.57. The van der Waals surface area contributed by atoms with Gasteiger partial charge in [-0.3, -0.25) is 10.1 Å². The molecule has 0 aliphatic heterocycles. The summed E-state index contributed by atoms with van der Waals surface area (Å²) in [6.45, 7) is 0. The molecule has 3 rings (SSSR count). The van der Waals surface area contributed by atoms with Gasteiger partial charge in [0.1, 0.15) is 0 Å². The first kappa shape index (κ1) is 17.2. The molecule has 0 saturated carbocycles. The highest BCUT2D eigenvalue weighted by molar-refractivity contribution is 5.73. The zero-order valence-corrected chi connectivity index (χ0v) is 12.2. The highest BCUT2D eigenvalue weighted by atomic mass is 19.4. The number of alkyl halides is 3. The van der Waals surface area contributed by atoms with Gasteiger partial charge < -0.3 is 5.11 Å². The van der Waals surface area contributed by atoms with Crippen molar-refractivity contribution in [3.63, 3.8) is 0 Å². The van der Waals surface area contributed by atoms with Gasteiger partial charge in [0.05, 0.1) is 11.4 Å². The van der Waals surface area contributed by atoms with Gasteiger partial charge in [-0.05, 0) is 24.3 Å². The van der Waals surface area contributed by atoms with E-state index in [0.29, 0.717) is 0 Å². The molecule has 0 amide bonds. The Kier molecular flexibility index (Phi) is 5.31. The fourth-order valence-corrected chi connectivity index (χ4v) is 1.80. The van der Waals surface area contributed by atoms with Crippen LogP contribution in [0.4, 0.5) is 13.2 Å². The van der Waals surface area contributed by atoms with Crippen molar-refractivity contribution in [1.29, 1.82) is 0 Å². The average molecular weight is 335 g/mol. The minimum Gasteiger partial charge on any atom is -0.475 e. The third-order valence-electron chi connectivity index (χ3n) is 2.88. The molecule has 5 nitrogen and oxygen atoms in total. The molecule has 1 aromatic carbocycles. The standard InChI is InChI=1S/C14H11N3.C2HF3O2/c1-2-8-15-13(6-1)11-4-3-5-12(10-11)14-7-9-16-17-14;3-2(4,5)1(6)7/h1-10H,(H,16,17);(H,6,7). The van der Waals surface area contributed by atoms with Crippen LogP contribution in [-0.2, 0) is 4.79 Å². The van der Waals surface area contributed by atoms with Crippen LogP contribution in [0, 0.1) is 0 Å². The van der Waals surface area contributed by atoms with Crippen molar-refractivity contribution in [3.05, 3.63) is 60.9 Å². The summed E-state index contributed by atoms with van der Waals surface area (Å²) in [5, 5.41) is 14.0. The van der Waals surface area contributed by atoms with E-state index in [1.165, 1.54) is 0 Å². The lowest BCUT2D eigenvalue weighted by atomic mass is 10.1. The molecule has 0 aliphatic carbocycles. The maximum atomic E-state index is 10.6. The zero-order valence-electron chi connectivity index (χ0n) is 12.2. The lowest BCUT2D eigenvalue weighted by molar-refractivity contribution is -0.192. The molecule has 0 atom stereocenters. The maximum absolute atomic E-state index is 10.6. The number of hydrogen-bond acceptors (Lipinski definition) is 3. The van der Waals surface area contributed by atoms with Crippen LogP contribution >= 0.6 is 0 Å². The summed E-state index contributed by atoms with van der Waals surface area (Å²) < 4.78 is 31.7. The largest absolute Gasteiger partial charge is 0.490 e. The van der Waals surface area contributed by atoms with Gasteiger partial charge in [-0.2, -0.15) is 18.3 Å². The van der Waals surface area contributed by atoms with Crippen LogP contribution in [-0.4, -0.2) is 32.4 Å². The van der Waals surface area contributed by atoms with Gasteiger partial charge in [0.2, 0.25) is 0 Å². The van der Waals surface area contributed by atoms with Crippen molar-refractivity contribution in [2.45, 2.75) is 6.18 Å². The number of benzene rings is 1. The molecule has 8 heteroatoms. The Labute approximate surface area is 134 Å². The third-order valence-corrected chi connectivity index (χ3v) is 2.88. The molecule has 0 aliphatic rings. The number of hydrogen-bond donors (Lipinski definition) is 2. The fraction of sp³-hybridized carbons (Fsp3) is 0.0625. The average Bonchev–Trinajstić information content (AvgIpc) is 3.10. The summed E-state index contributed by atoms with van der Waals surface area (Å²) in [5.41, 5.74) is 4.22. The van der Waals surface area contributed by atoms with Crippen LogP contribution in [0.3, 0.4) is 0 Å². The zero-order chi connectivity index (χ0) is 17.6. The number of aliphatic carboxylic acids is 1. The van der Waals surface area contributed by atoms with E-state index in [2.05, 4.69) is 33.4 Å². The number of rotatable bonds is 2. The summed E-state index contributed by atoms with van der Waals surface area (Å²) >= 11 is 0. The SMILES string of the molecule is O=C(O)C(F)(F)F.c1ccc(-c2cccc(-c3ccn[nH]3)c2)nc1. The van der Waals surface area contributed by atoms with E-state index in [1.54, 1.807) is 12.4 Å². The number of H-pyrrole nitrogens is 1. The topological polar surface area (TPSA) is 78.9 Å². The minimum atomic E-state index is -5.08. The lowest BCUT2D eigenvalue weighted by Gasteiger charge is -2.03. The second-order valence-corrected chi connectivity index (χ2v) is 4.57. The van der Waals surface area contributed by atoms with Crippen molar-refractivity contribution in [2.24, 2.45) is 0 Å². The number of pyridine rings is 1. The van der Waals surface area contributed by atoms with E-state index in [1.807, 2.05) is 30.3 Å². The monoisotopic (exact) mass is 335 g/mol. The smallest absolute Gasteiger partial charge is 0.475 e. The summed E-state index contributed by atoms with van der Waals surface area (Å²) in [7, 11) is 0. The van der Waals surface area contributed by atoms with Crippen LogP contribution in [0.2, 0.25) is 0 Å². The van der Waals surface area contributed by atoms with Gasteiger partial charge in [-0.15, -0.1) is 0 Å². The highest BCUT2D eigenvalue weighted by Gasteiger charge is 2.38. The van der Waals surface area contributed by atoms with Gasteiger partial charge >= 0.3 is 12.1 Å². The van der Waals surface area contributed by atoms with Crippen molar-refractivity contribution in [3.8, 4) is 22.5 Å². The number of nitrogens with one attached hydrogen (secondary N) is 1. The number of aromatic nitrogens is 3. The van der Waals surface area contributed by atoms with Crippen LogP contribution in [0.1, 0.15) is 0 Å². The molecule has 0 saturated heterocycles. The summed E-state index contributed by atoms with van der Waals surface area (Å²) in [6, 6.07) is 16.1. The van der Waals surface area contributed by atoms with Gasteiger partial charge in [0.15, 0.2) is 0 Å². The van der Waals surface area contributed by atoms with Crippen molar-refractivity contribution in [1.82, 2.24) is 15.2 Å². The van der Waals surface area contributed by atoms with Crippen LogP contribution in [0.25, 0.3) is 22.5 Å². The molecule has 3 aromatic rings. The second kappa shape index (κ2) is 7.40. The van der Waals surface area contributed by atoms with E-state index >= 15 is 0 Å². The third kappa shape index (κ3) is 4.67. The van der Waals surface area contributed by atoms with Crippen LogP contribution in [0.15, 0.2) is 60.9 Å². The van der Waals surface area contributed by atoms with E-state index in [9.17, 15) is 13.2 Å². The number of carbonyl (C=O) groups is 1. The quantitative estimate of drug-likeness (QED) is 0.747. The number of nitrogens with zero attached hydrogens (tertiary/aromatic N) is 2. The minimum absolute atomic E-state index is 0.980. The molecule has 0 fully saturated rings. The molecule has 2 aromatic heterocycles. The van der Waals surface area contributed by atoms with E-state index in [4.69, 9.17) is 9.90 Å². The molecule has 0 bridgehead atoms. The summed E-state index contributed by atoms with van der Waals surface area (Å²) in [5.74, 6) is -2.76. The molecule has 0 radical (unpaired) electrons. The first-order valence-electron chi connectivity index (χ1n) is 6.69. The first-order valence-corrected chi connectivity index (χ1v) is 6.69. The Morgan fingerprint density at radius 3 is 2.25 bits per heavy atom. The van der Waals surface area contributed by atoms with E-state index in [-0.39, 0.29) is 0 Å². The molecule has 2 N–H and O–H groups in total. The van der Waals surface area contributed by atoms with Crippen molar-refractivity contribution >= 4 is 5.97 Å². The predicted octanol–water partition coefficient (Wildman–Crippen LogP) is 3.77. The number of aromatic amines is 1. The number of halogens is 3. The van der Waals surface area contributed by atoms with E-state index < -0.39 is 12.1 Å². The summed E-state index contributed by atoms with van der Waals surface area (Å²) in [4.78, 5) is 13.2. The molecule has 2 heterocycles. The number of carboxylic acid groups (broad SMARTS) is 1. The Morgan fingerprint density at radius 2 is 1.71 bits per heavy atom. The maximum Gasteiger partial charge on any atom is 0.490 e. The first-order chi connectivity index (χ1) is 11.4.